The first kappa shape index (κ1) is 20.0. The highest BCUT2D eigenvalue weighted by molar-refractivity contribution is 6.04. The van der Waals surface area contributed by atoms with E-state index in [-0.39, 0.29) is 16.9 Å². The van der Waals surface area contributed by atoms with Crippen molar-refractivity contribution in [1.29, 1.82) is 0 Å². The van der Waals surface area contributed by atoms with Gasteiger partial charge in [-0.15, -0.1) is 6.58 Å². The van der Waals surface area contributed by atoms with Crippen molar-refractivity contribution in [1.82, 2.24) is 15.1 Å². The minimum Gasteiger partial charge on any atom is -0.380 e. The second kappa shape index (κ2) is 7.32. The number of methoxy groups -OCH3 is 1. The molecule has 0 spiro atoms. The molecule has 1 amide bonds. The van der Waals surface area contributed by atoms with E-state index in [2.05, 4.69) is 41.3 Å². The summed E-state index contributed by atoms with van der Waals surface area (Å²) in [5, 5.41) is 9.11. The number of piperidine rings is 1. The minimum atomic E-state index is -0.464. The Labute approximate surface area is 182 Å². The highest BCUT2D eigenvalue weighted by Crippen LogP contribution is 2.70. The SMILES string of the molecule is C=CCC(OC)C12CNCCC1(c1ccc(-n3cc4cccc(C(N)=O)c4n3)cc1)C2. The number of hydrogen-bond donors (Lipinski definition) is 2. The molecule has 5 rings (SSSR count). The number of carbonyl (C=O) groups is 1. The molecule has 1 saturated carbocycles. The van der Waals surface area contributed by atoms with Crippen molar-refractivity contribution in [3.05, 3.63) is 72.4 Å². The van der Waals surface area contributed by atoms with Crippen LogP contribution in [0.5, 0.6) is 0 Å². The highest BCUT2D eigenvalue weighted by atomic mass is 16.5. The van der Waals surface area contributed by atoms with E-state index in [0.717, 1.165) is 43.4 Å². The van der Waals surface area contributed by atoms with Gasteiger partial charge in [0.1, 0.15) is 5.52 Å². The Hall–Kier alpha value is -2.96. The number of fused-ring (bicyclic) bond motifs is 2. The molecule has 1 aromatic heterocycles. The molecule has 1 saturated heterocycles. The van der Waals surface area contributed by atoms with E-state index in [4.69, 9.17) is 10.5 Å². The summed E-state index contributed by atoms with van der Waals surface area (Å²) in [6.07, 6.45) is 7.17. The summed E-state index contributed by atoms with van der Waals surface area (Å²) in [5.41, 5.74) is 9.16. The van der Waals surface area contributed by atoms with Crippen LogP contribution >= 0.6 is 0 Å². The molecule has 0 bridgehead atoms. The molecule has 1 aliphatic carbocycles. The molecule has 6 nitrogen and oxygen atoms in total. The number of carbonyl (C=O) groups excluding carboxylic acids is 1. The van der Waals surface area contributed by atoms with Crippen molar-refractivity contribution >= 4 is 16.8 Å². The van der Waals surface area contributed by atoms with Gasteiger partial charge >= 0.3 is 0 Å². The van der Waals surface area contributed by atoms with Crippen LogP contribution in [0.2, 0.25) is 0 Å². The van der Waals surface area contributed by atoms with E-state index in [9.17, 15) is 4.79 Å². The van der Waals surface area contributed by atoms with Gasteiger partial charge in [-0.25, -0.2) is 4.68 Å². The molecule has 2 aromatic carbocycles. The Morgan fingerprint density at radius 3 is 2.87 bits per heavy atom. The van der Waals surface area contributed by atoms with Gasteiger partial charge in [-0.05, 0) is 49.6 Å². The van der Waals surface area contributed by atoms with Crippen LogP contribution in [-0.2, 0) is 10.2 Å². The van der Waals surface area contributed by atoms with Gasteiger partial charge in [-0.3, -0.25) is 4.79 Å². The van der Waals surface area contributed by atoms with Crippen LogP contribution in [0.4, 0.5) is 0 Å². The van der Waals surface area contributed by atoms with Crippen molar-refractivity contribution in [2.24, 2.45) is 11.1 Å². The Kier molecular flexibility index (Phi) is 4.72. The number of hydrogen-bond acceptors (Lipinski definition) is 4. The average molecular weight is 417 g/mol. The normalized spacial score (nSPS) is 25.7. The van der Waals surface area contributed by atoms with Crippen LogP contribution in [0.25, 0.3) is 16.6 Å². The summed E-state index contributed by atoms with van der Waals surface area (Å²) in [6.45, 7) is 5.93. The maximum absolute atomic E-state index is 11.7. The Morgan fingerprint density at radius 2 is 2.16 bits per heavy atom. The zero-order valence-electron chi connectivity index (χ0n) is 17.8. The van der Waals surface area contributed by atoms with Gasteiger partial charge in [0, 0.05) is 36.1 Å². The quantitative estimate of drug-likeness (QED) is 0.579. The fraction of sp³-hybridized carbons (Fsp3) is 0.360. The minimum absolute atomic E-state index is 0.118. The number of nitrogens with one attached hydrogen (secondary N) is 1. The summed E-state index contributed by atoms with van der Waals surface area (Å²) < 4.78 is 7.73. The van der Waals surface area contributed by atoms with Crippen LogP contribution in [0, 0.1) is 5.41 Å². The number of nitrogens with two attached hydrogens (primary N) is 1. The summed E-state index contributed by atoms with van der Waals surface area (Å²) >= 11 is 0. The number of benzene rings is 2. The molecule has 3 aromatic rings. The van der Waals surface area contributed by atoms with Crippen molar-refractivity contribution in [2.45, 2.75) is 30.8 Å². The zero-order chi connectivity index (χ0) is 21.6. The predicted molar refractivity (Wildman–Crippen MR) is 121 cm³/mol. The summed E-state index contributed by atoms with van der Waals surface area (Å²) in [6, 6.07) is 14.2. The van der Waals surface area contributed by atoms with Gasteiger partial charge in [-0.1, -0.05) is 30.3 Å². The third kappa shape index (κ3) is 2.93. The molecule has 2 aliphatic rings. The topological polar surface area (TPSA) is 82.2 Å². The molecular weight excluding hydrogens is 388 g/mol. The van der Waals surface area contributed by atoms with Gasteiger partial charge in [0.25, 0.3) is 5.91 Å². The molecule has 31 heavy (non-hydrogen) atoms. The summed E-state index contributed by atoms with van der Waals surface area (Å²) in [4.78, 5) is 11.7. The summed E-state index contributed by atoms with van der Waals surface area (Å²) in [7, 11) is 1.81. The number of nitrogens with zero attached hydrogens (tertiary/aromatic N) is 2. The van der Waals surface area contributed by atoms with E-state index in [1.54, 1.807) is 6.07 Å². The Balaban J connectivity index is 1.48. The largest absolute Gasteiger partial charge is 0.380 e. The first-order valence-electron chi connectivity index (χ1n) is 10.8. The molecule has 3 N–H and O–H groups in total. The fourth-order valence-corrected chi connectivity index (χ4v) is 5.75. The first-order valence-corrected chi connectivity index (χ1v) is 10.8. The monoisotopic (exact) mass is 416 g/mol. The van der Waals surface area contributed by atoms with Gasteiger partial charge in [0.15, 0.2) is 0 Å². The molecule has 1 aliphatic heterocycles. The molecule has 2 fully saturated rings. The molecule has 3 atom stereocenters. The van der Waals surface area contributed by atoms with Gasteiger partial charge in [0.05, 0.1) is 17.4 Å². The average Bonchev–Trinajstić information content (AvgIpc) is 3.31. The Morgan fingerprint density at radius 1 is 1.35 bits per heavy atom. The van der Waals surface area contributed by atoms with Crippen molar-refractivity contribution in [3.63, 3.8) is 0 Å². The number of amides is 1. The third-order valence-electron chi connectivity index (χ3n) is 7.38. The van der Waals surface area contributed by atoms with E-state index in [1.165, 1.54) is 5.56 Å². The van der Waals surface area contributed by atoms with Crippen LogP contribution in [0.15, 0.2) is 61.3 Å². The maximum Gasteiger partial charge on any atom is 0.250 e. The lowest BCUT2D eigenvalue weighted by Crippen LogP contribution is -2.45. The lowest BCUT2D eigenvalue weighted by molar-refractivity contribution is 0.0237. The second-order valence-corrected chi connectivity index (χ2v) is 8.82. The second-order valence-electron chi connectivity index (χ2n) is 8.82. The van der Waals surface area contributed by atoms with Gasteiger partial charge < -0.3 is 15.8 Å². The van der Waals surface area contributed by atoms with Crippen LogP contribution < -0.4 is 11.1 Å². The molecule has 0 radical (unpaired) electrons. The van der Waals surface area contributed by atoms with E-state index in [1.807, 2.05) is 36.2 Å². The Bertz CT molecular complexity index is 1150. The molecule has 6 heteroatoms. The fourth-order valence-electron chi connectivity index (χ4n) is 5.75. The number of aromatic nitrogens is 2. The van der Waals surface area contributed by atoms with Crippen molar-refractivity contribution in [2.75, 3.05) is 20.2 Å². The standard InChI is InChI=1S/C25H28N4O2/c1-3-5-21(31-2)25-15-24(25,12-13-27-16-25)18-8-10-19(11-9-18)29-14-17-6-4-7-20(23(26)30)22(17)28-29/h3-4,6-11,14,21,27H,1,5,12-13,15-16H2,2H3,(H2,26,30). The lowest BCUT2D eigenvalue weighted by Gasteiger charge is -2.36. The molecule has 160 valence electrons. The molecular formula is C25H28N4O2. The number of rotatable bonds is 7. The number of primary amides is 1. The van der Waals surface area contributed by atoms with Crippen LogP contribution in [-0.4, -0.2) is 42.0 Å². The first-order chi connectivity index (χ1) is 15.0. The van der Waals surface area contributed by atoms with Gasteiger partial charge in [-0.2, -0.15) is 5.10 Å². The zero-order valence-corrected chi connectivity index (χ0v) is 17.8. The summed E-state index contributed by atoms with van der Waals surface area (Å²) in [5.74, 6) is -0.464. The van der Waals surface area contributed by atoms with Crippen molar-refractivity contribution in [3.8, 4) is 5.69 Å². The third-order valence-corrected chi connectivity index (χ3v) is 7.38. The van der Waals surface area contributed by atoms with Gasteiger partial charge in [0.2, 0.25) is 0 Å². The van der Waals surface area contributed by atoms with Crippen LogP contribution in [0.3, 0.4) is 0 Å². The molecule has 2 heterocycles. The molecule has 3 unspecified atom stereocenters. The number of ether oxygens (including phenoxy) is 1. The van der Waals surface area contributed by atoms with Crippen molar-refractivity contribution < 1.29 is 9.53 Å². The van der Waals surface area contributed by atoms with E-state index < -0.39 is 5.91 Å². The smallest absolute Gasteiger partial charge is 0.250 e. The van der Waals surface area contributed by atoms with Crippen LogP contribution in [0.1, 0.15) is 35.2 Å². The predicted octanol–water partition coefficient (Wildman–Crippen LogP) is 3.34. The highest BCUT2D eigenvalue weighted by Gasteiger charge is 2.71. The lowest BCUT2D eigenvalue weighted by atomic mass is 9.77. The van der Waals surface area contributed by atoms with E-state index >= 15 is 0 Å². The van der Waals surface area contributed by atoms with E-state index in [0.29, 0.717) is 11.1 Å². The maximum atomic E-state index is 11.7.